The van der Waals surface area contributed by atoms with Crippen LogP contribution in [0.25, 0.3) is 0 Å². The quantitative estimate of drug-likeness (QED) is 0.677. The summed E-state index contributed by atoms with van der Waals surface area (Å²) < 4.78 is 13.2. The van der Waals surface area contributed by atoms with Crippen LogP contribution in [0, 0.1) is 5.82 Å². The van der Waals surface area contributed by atoms with Gasteiger partial charge in [-0.1, -0.05) is 60.7 Å². The van der Waals surface area contributed by atoms with E-state index in [0.29, 0.717) is 18.8 Å². The highest BCUT2D eigenvalue weighted by Crippen LogP contribution is 2.23. The van der Waals surface area contributed by atoms with E-state index in [0.717, 1.165) is 11.1 Å². The van der Waals surface area contributed by atoms with Crippen molar-refractivity contribution in [2.45, 2.75) is 6.04 Å². The zero-order valence-corrected chi connectivity index (χ0v) is 16.4. The molecule has 0 unspecified atom stereocenters. The molecule has 30 heavy (non-hydrogen) atoms. The number of carbonyl (C=O) groups is 2. The van der Waals surface area contributed by atoms with Gasteiger partial charge in [0.15, 0.2) is 0 Å². The Labute approximate surface area is 174 Å². The van der Waals surface area contributed by atoms with Gasteiger partial charge in [0.25, 0.3) is 0 Å². The second-order valence-electron chi connectivity index (χ2n) is 7.15. The second-order valence-corrected chi connectivity index (χ2v) is 7.15. The van der Waals surface area contributed by atoms with E-state index in [1.807, 2.05) is 60.7 Å². The first-order chi connectivity index (χ1) is 14.6. The van der Waals surface area contributed by atoms with E-state index in [2.05, 4.69) is 5.32 Å². The number of hydrogen-bond donors (Lipinski definition) is 1. The number of rotatable bonds is 6. The summed E-state index contributed by atoms with van der Waals surface area (Å²) in [6.45, 7) is 0.857. The zero-order chi connectivity index (χ0) is 20.9. The van der Waals surface area contributed by atoms with Gasteiger partial charge in [-0.05, 0) is 35.4 Å². The molecule has 1 fully saturated rings. The van der Waals surface area contributed by atoms with Gasteiger partial charge in [0, 0.05) is 18.8 Å². The molecule has 3 aromatic rings. The predicted molar refractivity (Wildman–Crippen MR) is 114 cm³/mol. The lowest BCUT2D eigenvalue weighted by Crippen LogP contribution is -2.41. The number of nitrogens with zero attached hydrogens (tertiary/aromatic N) is 2. The molecule has 0 atom stereocenters. The second kappa shape index (κ2) is 8.78. The van der Waals surface area contributed by atoms with Crippen molar-refractivity contribution in [2.24, 2.45) is 0 Å². The summed E-state index contributed by atoms with van der Waals surface area (Å²) in [7, 11) is 0. The molecule has 0 radical (unpaired) electrons. The molecular formula is C24H22FN3O2. The average molecular weight is 403 g/mol. The summed E-state index contributed by atoms with van der Waals surface area (Å²) in [6, 6.07) is 24.7. The highest BCUT2D eigenvalue weighted by molar-refractivity contribution is 5.96. The number of benzene rings is 3. The van der Waals surface area contributed by atoms with Crippen LogP contribution in [-0.2, 0) is 4.79 Å². The third-order valence-corrected chi connectivity index (χ3v) is 5.14. The minimum Gasteiger partial charge on any atom is -0.344 e. The fourth-order valence-corrected chi connectivity index (χ4v) is 3.62. The normalized spacial score (nSPS) is 13.7. The zero-order valence-electron chi connectivity index (χ0n) is 16.4. The summed E-state index contributed by atoms with van der Waals surface area (Å²) >= 11 is 0. The van der Waals surface area contributed by atoms with Crippen LogP contribution in [0.5, 0.6) is 0 Å². The molecular weight excluding hydrogens is 381 g/mol. The Bertz CT molecular complexity index is 970. The van der Waals surface area contributed by atoms with E-state index in [1.54, 1.807) is 17.0 Å². The fraction of sp³-hybridized carbons (Fsp3) is 0.167. The summed E-state index contributed by atoms with van der Waals surface area (Å²) in [4.78, 5) is 28.6. The van der Waals surface area contributed by atoms with Gasteiger partial charge in [-0.2, -0.15) is 0 Å². The Kier molecular flexibility index (Phi) is 5.75. The summed E-state index contributed by atoms with van der Waals surface area (Å²) in [5.74, 6) is -0.587. The third-order valence-electron chi connectivity index (χ3n) is 5.14. The van der Waals surface area contributed by atoms with Gasteiger partial charge >= 0.3 is 6.03 Å². The van der Waals surface area contributed by atoms with Crippen molar-refractivity contribution in [3.63, 3.8) is 0 Å². The van der Waals surface area contributed by atoms with Crippen molar-refractivity contribution in [2.75, 3.05) is 24.5 Å². The SMILES string of the molecule is O=C(CN1CCN(c2ccc(F)cc2)C1=O)NC(c1ccccc1)c1ccccc1. The Balaban J connectivity index is 1.45. The molecule has 0 aromatic heterocycles. The minimum absolute atomic E-state index is 0.0350. The number of anilines is 1. The van der Waals surface area contributed by atoms with Gasteiger partial charge in [0.05, 0.1) is 6.04 Å². The lowest BCUT2D eigenvalue weighted by Gasteiger charge is -2.22. The molecule has 1 N–H and O–H groups in total. The monoisotopic (exact) mass is 403 g/mol. The third kappa shape index (κ3) is 4.33. The van der Waals surface area contributed by atoms with Gasteiger partial charge < -0.3 is 10.2 Å². The molecule has 3 aromatic carbocycles. The maximum Gasteiger partial charge on any atom is 0.325 e. The topological polar surface area (TPSA) is 52.7 Å². The van der Waals surface area contributed by atoms with Crippen LogP contribution in [0.1, 0.15) is 17.2 Å². The maximum atomic E-state index is 13.2. The lowest BCUT2D eigenvalue weighted by molar-refractivity contribution is -0.122. The Morgan fingerprint density at radius 3 is 2.00 bits per heavy atom. The predicted octanol–water partition coefficient (Wildman–Crippen LogP) is 3.97. The molecule has 3 amide bonds. The standard InChI is InChI=1S/C24H22FN3O2/c25-20-11-13-21(14-12-20)28-16-15-27(24(28)30)17-22(29)26-23(18-7-3-1-4-8-18)19-9-5-2-6-10-19/h1-14,23H,15-17H2,(H,26,29). The highest BCUT2D eigenvalue weighted by Gasteiger charge is 2.31. The number of urea groups is 1. The first-order valence-corrected chi connectivity index (χ1v) is 9.83. The van der Waals surface area contributed by atoms with E-state index < -0.39 is 0 Å². The van der Waals surface area contributed by atoms with Gasteiger partial charge in [-0.25, -0.2) is 9.18 Å². The molecule has 1 aliphatic rings. The number of halogens is 1. The van der Waals surface area contributed by atoms with Crippen LogP contribution in [-0.4, -0.2) is 36.5 Å². The number of nitrogens with one attached hydrogen (secondary N) is 1. The van der Waals surface area contributed by atoms with Crippen molar-refractivity contribution in [1.29, 1.82) is 0 Å². The van der Waals surface area contributed by atoms with Crippen molar-refractivity contribution in [1.82, 2.24) is 10.2 Å². The lowest BCUT2D eigenvalue weighted by atomic mass is 9.99. The Morgan fingerprint density at radius 1 is 0.867 bits per heavy atom. The average Bonchev–Trinajstić information content (AvgIpc) is 3.14. The van der Waals surface area contributed by atoms with Gasteiger partial charge in [-0.3, -0.25) is 9.69 Å². The summed E-state index contributed by atoms with van der Waals surface area (Å²) in [5, 5.41) is 3.06. The summed E-state index contributed by atoms with van der Waals surface area (Å²) in [6.07, 6.45) is 0. The Morgan fingerprint density at radius 2 is 1.43 bits per heavy atom. The molecule has 1 heterocycles. The first-order valence-electron chi connectivity index (χ1n) is 9.83. The van der Waals surface area contributed by atoms with Crippen molar-refractivity contribution < 1.29 is 14.0 Å². The van der Waals surface area contributed by atoms with Gasteiger partial charge in [-0.15, -0.1) is 0 Å². The van der Waals surface area contributed by atoms with Gasteiger partial charge in [0.2, 0.25) is 5.91 Å². The van der Waals surface area contributed by atoms with Crippen LogP contribution >= 0.6 is 0 Å². The molecule has 1 saturated heterocycles. The highest BCUT2D eigenvalue weighted by atomic mass is 19.1. The molecule has 1 aliphatic heterocycles. The number of amides is 3. The minimum atomic E-state index is -0.352. The van der Waals surface area contributed by atoms with Crippen molar-refractivity contribution in [3.8, 4) is 0 Å². The van der Waals surface area contributed by atoms with Crippen molar-refractivity contribution in [3.05, 3.63) is 102 Å². The molecule has 6 heteroatoms. The number of carbonyl (C=O) groups excluding carboxylic acids is 2. The largest absolute Gasteiger partial charge is 0.344 e. The molecule has 0 saturated carbocycles. The van der Waals surface area contributed by atoms with Crippen LogP contribution < -0.4 is 10.2 Å². The molecule has 0 spiro atoms. The molecule has 4 rings (SSSR count). The van der Waals surface area contributed by atoms with Crippen LogP contribution in [0.4, 0.5) is 14.9 Å². The maximum absolute atomic E-state index is 13.2. The number of hydrogen-bond acceptors (Lipinski definition) is 2. The molecule has 0 bridgehead atoms. The van der Waals surface area contributed by atoms with E-state index in [1.165, 1.54) is 17.0 Å². The van der Waals surface area contributed by atoms with Crippen LogP contribution in [0.15, 0.2) is 84.9 Å². The molecule has 0 aliphatic carbocycles. The summed E-state index contributed by atoms with van der Waals surface area (Å²) in [5.41, 5.74) is 2.56. The smallest absolute Gasteiger partial charge is 0.325 e. The van der Waals surface area contributed by atoms with Crippen LogP contribution in [0.3, 0.4) is 0 Å². The fourth-order valence-electron chi connectivity index (χ4n) is 3.62. The van der Waals surface area contributed by atoms with E-state index >= 15 is 0 Å². The first kappa shape index (κ1) is 19.6. The molecule has 5 nitrogen and oxygen atoms in total. The van der Waals surface area contributed by atoms with E-state index in [9.17, 15) is 14.0 Å². The van der Waals surface area contributed by atoms with E-state index in [4.69, 9.17) is 0 Å². The Hall–Kier alpha value is -3.67. The van der Waals surface area contributed by atoms with Crippen molar-refractivity contribution >= 4 is 17.6 Å². The van der Waals surface area contributed by atoms with Gasteiger partial charge in [0.1, 0.15) is 12.4 Å². The molecule has 152 valence electrons. The van der Waals surface area contributed by atoms with Crippen LogP contribution in [0.2, 0.25) is 0 Å². The van der Waals surface area contributed by atoms with E-state index in [-0.39, 0.29) is 30.3 Å².